The summed E-state index contributed by atoms with van der Waals surface area (Å²) in [5.74, 6) is 0.943. The van der Waals surface area contributed by atoms with Crippen LogP contribution in [0.5, 0.6) is 0 Å². The normalized spacial score (nSPS) is 21.5. The fourth-order valence-electron chi connectivity index (χ4n) is 4.17. The van der Waals surface area contributed by atoms with Crippen molar-refractivity contribution in [1.82, 2.24) is 15.0 Å². The highest BCUT2D eigenvalue weighted by Crippen LogP contribution is 2.37. The van der Waals surface area contributed by atoms with Gasteiger partial charge in [-0.25, -0.2) is 0 Å². The van der Waals surface area contributed by atoms with Gasteiger partial charge >= 0.3 is 0 Å². The first-order valence-corrected chi connectivity index (χ1v) is 10.5. The monoisotopic (exact) mass is 439 g/mol. The number of halogens is 2. The summed E-state index contributed by atoms with van der Waals surface area (Å²) in [5.41, 5.74) is 0.136. The summed E-state index contributed by atoms with van der Waals surface area (Å²) in [4.78, 5) is 19.6. The van der Waals surface area contributed by atoms with Crippen molar-refractivity contribution in [2.24, 2.45) is 0 Å². The molecule has 0 spiro atoms. The van der Waals surface area contributed by atoms with Crippen molar-refractivity contribution >= 4 is 29.1 Å². The SMILES string of the molecule is COCC1(c2noc(C3CCCN3C(=O)c3cc(Cl)cc(Cl)c3)n2)CCOCC1. The Hall–Kier alpha value is -1.67. The van der Waals surface area contributed by atoms with Crippen molar-refractivity contribution in [3.63, 3.8) is 0 Å². The van der Waals surface area contributed by atoms with Gasteiger partial charge in [0.15, 0.2) is 5.82 Å². The topological polar surface area (TPSA) is 77.7 Å². The van der Waals surface area contributed by atoms with Crippen molar-refractivity contribution < 1.29 is 18.8 Å². The van der Waals surface area contributed by atoms with Gasteiger partial charge in [-0.2, -0.15) is 4.98 Å². The molecule has 2 aromatic rings. The molecule has 7 nitrogen and oxygen atoms in total. The van der Waals surface area contributed by atoms with E-state index in [-0.39, 0.29) is 17.4 Å². The number of nitrogens with zero attached hydrogens (tertiary/aromatic N) is 3. The van der Waals surface area contributed by atoms with Gasteiger partial charge in [0, 0.05) is 42.5 Å². The smallest absolute Gasteiger partial charge is 0.254 e. The third-order valence-corrected chi connectivity index (χ3v) is 6.13. The van der Waals surface area contributed by atoms with Crippen LogP contribution in [-0.4, -0.2) is 54.4 Å². The van der Waals surface area contributed by atoms with Crippen LogP contribution in [0.15, 0.2) is 22.7 Å². The minimum atomic E-state index is -0.317. The standard InChI is InChI=1S/C20H23Cl2N3O4/c1-27-12-20(4-7-28-8-5-20)19-23-17(29-24-19)16-3-2-6-25(16)18(26)13-9-14(21)11-15(22)10-13/h9-11,16H,2-8,12H2,1H3. The average Bonchev–Trinajstić information content (AvgIpc) is 3.37. The molecular formula is C20H23Cl2N3O4. The van der Waals surface area contributed by atoms with E-state index in [2.05, 4.69) is 5.16 Å². The van der Waals surface area contributed by atoms with Gasteiger partial charge in [0.2, 0.25) is 5.89 Å². The predicted octanol–water partition coefficient (Wildman–Crippen LogP) is 4.05. The first-order valence-electron chi connectivity index (χ1n) is 9.70. The number of likely N-dealkylation sites (tertiary alicyclic amines) is 1. The summed E-state index contributed by atoms with van der Waals surface area (Å²) in [6.45, 7) is 2.39. The van der Waals surface area contributed by atoms with Crippen LogP contribution in [0.25, 0.3) is 0 Å². The lowest BCUT2D eigenvalue weighted by Gasteiger charge is -2.33. The Morgan fingerprint density at radius 1 is 1.28 bits per heavy atom. The van der Waals surface area contributed by atoms with Gasteiger partial charge in [-0.3, -0.25) is 4.79 Å². The second-order valence-corrected chi connectivity index (χ2v) is 8.47. The largest absolute Gasteiger partial charge is 0.384 e. The van der Waals surface area contributed by atoms with Crippen LogP contribution >= 0.6 is 23.2 Å². The van der Waals surface area contributed by atoms with Crippen LogP contribution in [0, 0.1) is 0 Å². The molecule has 29 heavy (non-hydrogen) atoms. The van der Waals surface area contributed by atoms with Crippen LogP contribution in [0.2, 0.25) is 10.0 Å². The van der Waals surface area contributed by atoms with Gasteiger partial charge in [-0.1, -0.05) is 28.4 Å². The molecule has 0 bridgehead atoms. The fraction of sp³-hybridized carbons (Fsp3) is 0.550. The Bertz CT molecular complexity index is 857. The van der Waals surface area contributed by atoms with E-state index in [1.165, 1.54) is 0 Å². The van der Waals surface area contributed by atoms with Gasteiger partial charge < -0.3 is 18.9 Å². The van der Waals surface area contributed by atoms with Crippen LogP contribution in [0.4, 0.5) is 0 Å². The van der Waals surface area contributed by atoms with Crippen LogP contribution < -0.4 is 0 Å². The molecule has 2 aliphatic rings. The van der Waals surface area contributed by atoms with E-state index in [1.807, 2.05) is 0 Å². The van der Waals surface area contributed by atoms with E-state index in [1.54, 1.807) is 30.2 Å². The second-order valence-electron chi connectivity index (χ2n) is 7.60. The number of ether oxygens (including phenoxy) is 2. The molecule has 0 aliphatic carbocycles. The summed E-state index contributed by atoms with van der Waals surface area (Å²) < 4.78 is 16.6. The Morgan fingerprint density at radius 3 is 2.69 bits per heavy atom. The molecule has 1 atom stereocenters. The lowest BCUT2D eigenvalue weighted by molar-refractivity contribution is 0.00914. The van der Waals surface area contributed by atoms with Gasteiger partial charge in [0.05, 0.1) is 12.0 Å². The number of benzene rings is 1. The highest BCUT2D eigenvalue weighted by atomic mass is 35.5. The maximum atomic E-state index is 13.1. The first-order chi connectivity index (χ1) is 14.0. The molecule has 2 saturated heterocycles. The third kappa shape index (κ3) is 4.14. The van der Waals surface area contributed by atoms with Gasteiger partial charge in [0.25, 0.3) is 5.91 Å². The summed E-state index contributed by atoms with van der Waals surface area (Å²) >= 11 is 12.1. The first kappa shape index (κ1) is 20.6. The molecule has 9 heteroatoms. The number of carbonyl (C=O) groups is 1. The number of hydrogen-bond acceptors (Lipinski definition) is 6. The molecule has 1 aromatic heterocycles. The van der Waals surface area contributed by atoms with E-state index < -0.39 is 0 Å². The van der Waals surface area contributed by atoms with E-state index in [0.717, 1.165) is 25.7 Å². The molecule has 3 heterocycles. The predicted molar refractivity (Wildman–Crippen MR) is 107 cm³/mol. The molecule has 0 N–H and O–H groups in total. The van der Waals surface area contributed by atoms with E-state index in [4.69, 9.17) is 42.2 Å². The summed E-state index contributed by atoms with van der Waals surface area (Å²) in [6.07, 6.45) is 3.17. The molecule has 2 fully saturated rings. The maximum absolute atomic E-state index is 13.1. The van der Waals surface area contributed by atoms with Gasteiger partial charge in [-0.05, 0) is 43.9 Å². The highest BCUT2D eigenvalue weighted by Gasteiger charge is 2.41. The van der Waals surface area contributed by atoms with Crippen molar-refractivity contribution in [3.8, 4) is 0 Å². The Kier molecular flexibility index (Phi) is 6.11. The number of hydrogen-bond donors (Lipinski definition) is 0. The number of rotatable bonds is 5. The maximum Gasteiger partial charge on any atom is 0.254 e. The third-order valence-electron chi connectivity index (χ3n) is 5.69. The zero-order valence-corrected chi connectivity index (χ0v) is 17.7. The summed E-state index contributed by atoms with van der Waals surface area (Å²) in [7, 11) is 1.67. The minimum Gasteiger partial charge on any atom is -0.384 e. The fourth-order valence-corrected chi connectivity index (χ4v) is 4.69. The highest BCUT2D eigenvalue weighted by molar-refractivity contribution is 6.35. The molecule has 1 unspecified atom stereocenters. The second kappa shape index (κ2) is 8.60. The Labute approximate surface area is 179 Å². The van der Waals surface area contributed by atoms with Crippen molar-refractivity contribution in [3.05, 3.63) is 45.5 Å². The van der Waals surface area contributed by atoms with Gasteiger partial charge in [0.1, 0.15) is 6.04 Å². The molecule has 156 valence electrons. The van der Waals surface area contributed by atoms with Gasteiger partial charge in [-0.15, -0.1) is 0 Å². The molecule has 4 rings (SSSR count). The number of carbonyl (C=O) groups excluding carboxylic acids is 1. The summed E-state index contributed by atoms with van der Waals surface area (Å²) in [6, 6.07) is 4.59. The lowest BCUT2D eigenvalue weighted by atomic mass is 9.80. The number of aromatic nitrogens is 2. The molecule has 0 saturated carbocycles. The molecule has 2 aliphatic heterocycles. The zero-order valence-electron chi connectivity index (χ0n) is 16.2. The quantitative estimate of drug-likeness (QED) is 0.698. The molecule has 0 radical (unpaired) electrons. The average molecular weight is 440 g/mol. The molecule has 1 aromatic carbocycles. The van der Waals surface area contributed by atoms with Crippen LogP contribution in [-0.2, 0) is 14.9 Å². The zero-order chi connectivity index (χ0) is 20.4. The molecule has 1 amide bonds. The van der Waals surface area contributed by atoms with Crippen molar-refractivity contribution in [2.75, 3.05) is 33.5 Å². The van der Waals surface area contributed by atoms with Crippen LogP contribution in [0.3, 0.4) is 0 Å². The van der Waals surface area contributed by atoms with E-state index >= 15 is 0 Å². The van der Waals surface area contributed by atoms with Crippen molar-refractivity contribution in [1.29, 1.82) is 0 Å². The summed E-state index contributed by atoms with van der Waals surface area (Å²) in [5, 5.41) is 5.12. The lowest BCUT2D eigenvalue weighted by Crippen LogP contribution is -2.39. The molecular weight excluding hydrogens is 417 g/mol. The minimum absolute atomic E-state index is 0.144. The number of amides is 1. The Balaban J connectivity index is 1.59. The van der Waals surface area contributed by atoms with Crippen LogP contribution in [0.1, 0.15) is 53.8 Å². The van der Waals surface area contributed by atoms with Crippen molar-refractivity contribution in [2.45, 2.75) is 37.1 Å². The Morgan fingerprint density at radius 2 is 2.00 bits per heavy atom. The van der Waals surface area contributed by atoms with E-state index in [9.17, 15) is 4.79 Å². The number of methoxy groups -OCH3 is 1. The van der Waals surface area contributed by atoms with E-state index in [0.29, 0.717) is 53.7 Å².